The summed E-state index contributed by atoms with van der Waals surface area (Å²) in [5.41, 5.74) is 0.918. The average molecular weight is 580 g/mol. The second kappa shape index (κ2) is 14.1. The molecule has 4 amide bonds. The molecule has 198 valence electrons. The number of urea groups is 2. The molecule has 1 atom stereocenters. The zero-order valence-corrected chi connectivity index (χ0v) is 23.1. The minimum Gasteiger partial charge on any atom is -0.307 e. The highest BCUT2D eigenvalue weighted by Crippen LogP contribution is 2.14. The Balaban J connectivity index is 0.000000360. The molecule has 2 rings (SSSR count). The van der Waals surface area contributed by atoms with Gasteiger partial charge in [0.25, 0.3) is 10.0 Å². The highest BCUT2D eigenvalue weighted by atomic mass is 35.5. The van der Waals surface area contributed by atoms with Crippen molar-refractivity contribution in [2.75, 3.05) is 10.6 Å². The molecular formula is C22H28Cl2N4O6S2. The molecule has 0 aromatic heterocycles. The molecule has 0 fully saturated rings. The van der Waals surface area contributed by atoms with Crippen LogP contribution < -0.4 is 20.1 Å². The van der Waals surface area contributed by atoms with Crippen molar-refractivity contribution in [1.82, 2.24) is 9.44 Å². The van der Waals surface area contributed by atoms with Gasteiger partial charge in [-0.3, -0.25) is 0 Å². The molecule has 14 heteroatoms. The van der Waals surface area contributed by atoms with Crippen LogP contribution in [0.25, 0.3) is 0 Å². The van der Waals surface area contributed by atoms with Crippen LogP contribution in [0.4, 0.5) is 21.0 Å². The largest absolute Gasteiger partial charge is 0.333 e. The number of anilines is 2. The van der Waals surface area contributed by atoms with Crippen molar-refractivity contribution in [1.29, 1.82) is 0 Å². The number of amides is 4. The van der Waals surface area contributed by atoms with E-state index in [4.69, 9.17) is 23.2 Å². The Hall–Kier alpha value is -2.80. The Kier molecular flexibility index (Phi) is 12.2. The number of hydrogen-bond donors (Lipinski definition) is 4. The monoisotopic (exact) mass is 578 g/mol. The Labute approximate surface area is 221 Å². The van der Waals surface area contributed by atoms with Gasteiger partial charge < -0.3 is 10.6 Å². The van der Waals surface area contributed by atoms with Crippen LogP contribution in [0.3, 0.4) is 0 Å². The molecule has 0 saturated heterocycles. The highest BCUT2D eigenvalue weighted by Gasteiger charge is 2.21. The first-order chi connectivity index (χ1) is 16.7. The van der Waals surface area contributed by atoms with Crippen molar-refractivity contribution in [2.24, 2.45) is 0 Å². The van der Waals surface area contributed by atoms with E-state index in [2.05, 4.69) is 10.6 Å². The van der Waals surface area contributed by atoms with Gasteiger partial charge in [-0.25, -0.2) is 35.9 Å². The van der Waals surface area contributed by atoms with E-state index in [9.17, 15) is 26.4 Å². The van der Waals surface area contributed by atoms with Crippen molar-refractivity contribution in [3.63, 3.8) is 0 Å². The van der Waals surface area contributed by atoms with E-state index in [1.165, 1.54) is 19.9 Å². The Morgan fingerprint density at radius 2 is 1.22 bits per heavy atom. The predicted molar refractivity (Wildman–Crippen MR) is 144 cm³/mol. The lowest BCUT2D eigenvalue weighted by molar-refractivity contribution is 0.255. The van der Waals surface area contributed by atoms with Gasteiger partial charge in [-0.2, -0.15) is 0 Å². The minimum absolute atomic E-state index is 0.0776. The van der Waals surface area contributed by atoms with Gasteiger partial charge >= 0.3 is 12.1 Å². The van der Waals surface area contributed by atoms with Crippen LogP contribution >= 0.6 is 23.2 Å². The van der Waals surface area contributed by atoms with Crippen molar-refractivity contribution in [3.05, 3.63) is 69.6 Å². The third-order valence-electron chi connectivity index (χ3n) is 4.60. The smallest absolute Gasteiger partial charge is 0.307 e. The molecular weight excluding hydrogens is 551 g/mol. The summed E-state index contributed by atoms with van der Waals surface area (Å²) in [5.74, 6) is 0. The first-order valence-electron chi connectivity index (χ1n) is 10.5. The van der Waals surface area contributed by atoms with E-state index < -0.39 is 37.4 Å². The third-order valence-corrected chi connectivity index (χ3v) is 8.51. The second-order valence-corrected chi connectivity index (χ2v) is 12.1. The van der Waals surface area contributed by atoms with Gasteiger partial charge in [0.15, 0.2) is 0 Å². The maximum absolute atomic E-state index is 11.6. The molecule has 0 aliphatic heterocycles. The summed E-state index contributed by atoms with van der Waals surface area (Å²) < 4.78 is 50.2. The zero-order chi connectivity index (χ0) is 27.5. The minimum atomic E-state index is -3.76. The molecule has 0 aliphatic carbocycles. The standard InChI is InChI=1S/C11H15ClN2O3S.C11H13ClN2O3S/c2*1-3-8(2)18(16,17)14-11(15)13-10-6-4-9(12)5-7-10/h4-8H,3H2,1-2H3,(H2,13,14,15);3-7H,1-2H3,(H2,13,14,15)/b;8-3-. The number of halogens is 2. The zero-order valence-electron chi connectivity index (χ0n) is 20.0. The highest BCUT2D eigenvalue weighted by molar-refractivity contribution is 7.93. The fourth-order valence-corrected chi connectivity index (χ4v) is 4.15. The van der Waals surface area contributed by atoms with Gasteiger partial charge in [-0.15, -0.1) is 0 Å². The average Bonchev–Trinajstić information content (AvgIpc) is 2.80. The number of hydrogen-bond acceptors (Lipinski definition) is 6. The van der Waals surface area contributed by atoms with Crippen LogP contribution in [0.15, 0.2) is 59.5 Å². The fraction of sp³-hybridized carbons (Fsp3) is 0.273. The summed E-state index contributed by atoms with van der Waals surface area (Å²) in [5, 5.41) is 5.25. The molecule has 1 unspecified atom stereocenters. The van der Waals surface area contributed by atoms with Crippen LogP contribution in [-0.4, -0.2) is 34.1 Å². The van der Waals surface area contributed by atoms with Gasteiger partial charge in [0.2, 0.25) is 10.0 Å². The van der Waals surface area contributed by atoms with Crippen LogP contribution in [0.1, 0.15) is 34.1 Å². The molecule has 36 heavy (non-hydrogen) atoms. The number of benzene rings is 2. The summed E-state index contributed by atoms with van der Waals surface area (Å²) in [6.45, 7) is 6.25. The summed E-state index contributed by atoms with van der Waals surface area (Å²) >= 11 is 11.4. The first-order valence-corrected chi connectivity index (χ1v) is 14.3. The lowest BCUT2D eigenvalue weighted by Gasteiger charge is -2.12. The number of carbonyl (C=O) groups excluding carboxylic acids is 2. The number of rotatable bonds is 7. The molecule has 0 spiro atoms. The summed E-state index contributed by atoms with van der Waals surface area (Å²) in [7, 11) is -7.39. The van der Waals surface area contributed by atoms with E-state index in [1.54, 1.807) is 62.4 Å². The number of nitrogens with one attached hydrogen (secondary N) is 4. The Morgan fingerprint density at radius 1 is 0.833 bits per heavy atom. The SMILES string of the molecule is C/C=C(/C)S(=O)(=O)NC(=O)Nc1ccc(Cl)cc1.CCC(C)S(=O)(=O)NC(=O)Nc1ccc(Cl)cc1. The predicted octanol–water partition coefficient (Wildman–Crippen LogP) is 5.30. The molecule has 4 N–H and O–H groups in total. The third kappa shape index (κ3) is 10.9. The van der Waals surface area contributed by atoms with Gasteiger partial charge in [0.05, 0.1) is 10.2 Å². The molecule has 10 nitrogen and oxygen atoms in total. The molecule has 0 bridgehead atoms. The summed E-state index contributed by atoms with van der Waals surface area (Å²) in [6.07, 6.45) is 1.83. The maximum Gasteiger partial charge on any atom is 0.333 e. The van der Waals surface area contributed by atoms with Gasteiger partial charge in [0, 0.05) is 21.4 Å². The lowest BCUT2D eigenvalue weighted by atomic mass is 10.3. The lowest BCUT2D eigenvalue weighted by Crippen LogP contribution is -2.39. The number of carbonyl (C=O) groups is 2. The van der Waals surface area contributed by atoms with Crippen molar-refractivity contribution < 1.29 is 26.4 Å². The van der Waals surface area contributed by atoms with Crippen LogP contribution in [0, 0.1) is 0 Å². The van der Waals surface area contributed by atoms with E-state index in [1.807, 2.05) is 9.44 Å². The van der Waals surface area contributed by atoms with Gasteiger partial charge in [-0.05, 0) is 75.7 Å². The van der Waals surface area contributed by atoms with Crippen LogP contribution in [0.5, 0.6) is 0 Å². The van der Waals surface area contributed by atoms with Crippen molar-refractivity contribution in [3.8, 4) is 0 Å². The Morgan fingerprint density at radius 3 is 1.58 bits per heavy atom. The first kappa shape index (κ1) is 31.2. The van der Waals surface area contributed by atoms with Gasteiger partial charge in [0.1, 0.15) is 0 Å². The number of sulfonamides is 2. The van der Waals surface area contributed by atoms with Crippen molar-refractivity contribution >= 4 is 66.7 Å². The Bertz CT molecular complexity index is 1280. The molecule has 0 aliphatic rings. The molecule has 2 aromatic carbocycles. The van der Waals surface area contributed by atoms with E-state index in [0.29, 0.717) is 27.8 Å². The number of allylic oxidation sites excluding steroid dienone is 2. The van der Waals surface area contributed by atoms with E-state index in [-0.39, 0.29) is 4.91 Å². The fourth-order valence-electron chi connectivity index (χ4n) is 2.19. The quantitative estimate of drug-likeness (QED) is 0.349. The summed E-state index contributed by atoms with van der Waals surface area (Å²) in [6, 6.07) is 11.1. The maximum atomic E-state index is 11.6. The van der Waals surface area contributed by atoms with E-state index >= 15 is 0 Å². The second-order valence-electron chi connectivity index (χ2n) is 7.29. The normalized spacial score (nSPS) is 12.4. The topological polar surface area (TPSA) is 151 Å². The molecule has 0 saturated carbocycles. The van der Waals surface area contributed by atoms with Crippen LogP contribution in [0.2, 0.25) is 10.0 Å². The summed E-state index contributed by atoms with van der Waals surface area (Å²) in [4.78, 5) is 23.0. The molecule has 0 radical (unpaired) electrons. The van der Waals surface area contributed by atoms with E-state index in [0.717, 1.165) is 0 Å². The van der Waals surface area contributed by atoms with Gasteiger partial charge in [-0.1, -0.05) is 36.2 Å². The van der Waals surface area contributed by atoms with Crippen LogP contribution in [-0.2, 0) is 20.0 Å². The molecule has 0 heterocycles. The van der Waals surface area contributed by atoms with Crippen molar-refractivity contribution in [2.45, 2.75) is 39.4 Å². The molecule has 2 aromatic rings.